The first-order valence-corrected chi connectivity index (χ1v) is 8.48. The standard InChI is InChI=1S/C19H23NO7S/c1-22-13-7-11(8-14(23-2)17(13)26-5)19(21)20(28)12-9-15(24-3)18(27-6)16(10-12)25-4/h7-10,28H,1-6H3. The summed E-state index contributed by atoms with van der Waals surface area (Å²) in [5.41, 5.74) is 0.717. The minimum atomic E-state index is -0.420. The zero-order chi connectivity index (χ0) is 20.8. The van der Waals surface area contributed by atoms with Gasteiger partial charge in [0.25, 0.3) is 5.91 Å². The quantitative estimate of drug-likeness (QED) is 0.671. The van der Waals surface area contributed by atoms with Crippen LogP contribution in [0.15, 0.2) is 24.3 Å². The fourth-order valence-corrected chi connectivity index (χ4v) is 2.86. The number of rotatable bonds is 8. The predicted octanol–water partition coefficient (Wildman–Crippen LogP) is 3.23. The Morgan fingerprint density at radius 3 is 1.36 bits per heavy atom. The first kappa shape index (κ1) is 21.4. The average molecular weight is 409 g/mol. The van der Waals surface area contributed by atoms with Crippen LogP contribution < -0.4 is 32.7 Å². The van der Waals surface area contributed by atoms with E-state index in [0.717, 1.165) is 4.31 Å². The molecule has 0 atom stereocenters. The normalized spacial score (nSPS) is 10.1. The van der Waals surface area contributed by atoms with Gasteiger partial charge < -0.3 is 28.4 Å². The Labute approximate surface area is 169 Å². The van der Waals surface area contributed by atoms with E-state index in [1.165, 1.54) is 42.7 Å². The monoisotopic (exact) mass is 409 g/mol. The number of methoxy groups -OCH3 is 6. The molecule has 8 nitrogen and oxygen atoms in total. The number of anilines is 1. The Hall–Kier alpha value is -2.94. The van der Waals surface area contributed by atoms with Crippen LogP contribution in [0.1, 0.15) is 10.4 Å². The van der Waals surface area contributed by atoms with Gasteiger partial charge in [0.1, 0.15) is 0 Å². The van der Waals surface area contributed by atoms with E-state index >= 15 is 0 Å². The third-order valence-electron chi connectivity index (χ3n) is 4.00. The van der Waals surface area contributed by atoms with E-state index in [2.05, 4.69) is 12.8 Å². The summed E-state index contributed by atoms with van der Waals surface area (Å²) in [6.45, 7) is 0. The van der Waals surface area contributed by atoms with Crippen molar-refractivity contribution in [2.45, 2.75) is 0 Å². The highest BCUT2D eigenvalue weighted by Crippen LogP contribution is 2.42. The first-order chi connectivity index (χ1) is 13.4. The SMILES string of the molecule is COc1cc(C(=O)N(S)c2cc(OC)c(OC)c(OC)c2)cc(OC)c1OC. The van der Waals surface area contributed by atoms with Gasteiger partial charge in [0, 0.05) is 17.7 Å². The Bertz CT molecular complexity index is 806. The predicted molar refractivity (Wildman–Crippen MR) is 108 cm³/mol. The van der Waals surface area contributed by atoms with E-state index in [0.29, 0.717) is 45.7 Å². The average Bonchev–Trinajstić information content (AvgIpc) is 2.75. The maximum atomic E-state index is 13.0. The maximum Gasteiger partial charge on any atom is 0.268 e. The van der Waals surface area contributed by atoms with Crippen molar-refractivity contribution >= 4 is 24.4 Å². The molecule has 0 bridgehead atoms. The number of hydrogen-bond acceptors (Lipinski definition) is 8. The number of nitrogens with zero attached hydrogens (tertiary/aromatic N) is 1. The van der Waals surface area contributed by atoms with E-state index < -0.39 is 5.91 Å². The van der Waals surface area contributed by atoms with Crippen LogP contribution in [0.25, 0.3) is 0 Å². The lowest BCUT2D eigenvalue weighted by molar-refractivity contribution is 0.101. The van der Waals surface area contributed by atoms with E-state index in [1.54, 1.807) is 24.3 Å². The molecule has 1 amide bonds. The fourth-order valence-electron chi connectivity index (χ4n) is 2.63. The van der Waals surface area contributed by atoms with Crippen molar-refractivity contribution in [1.82, 2.24) is 0 Å². The molecule has 2 rings (SSSR count). The molecule has 2 aromatic rings. The highest BCUT2D eigenvalue weighted by Gasteiger charge is 2.23. The highest BCUT2D eigenvalue weighted by molar-refractivity contribution is 7.82. The van der Waals surface area contributed by atoms with Crippen LogP contribution in [0.3, 0.4) is 0 Å². The lowest BCUT2D eigenvalue weighted by Crippen LogP contribution is -2.21. The van der Waals surface area contributed by atoms with Gasteiger partial charge in [-0.15, -0.1) is 0 Å². The number of ether oxygens (including phenoxy) is 6. The summed E-state index contributed by atoms with van der Waals surface area (Å²) in [4.78, 5) is 13.0. The molecule has 0 heterocycles. The van der Waals surface area contributed by atoms with Crippen LogP contribution in [0.5, 0.6) is 34.5 Å². The number of carbonyl (C=O) groups excluding carboxylic acids is 1. The van der Waals surface area contributed by atoms with Gasteiger partial charge in [-0.05, 0) is 12.1 Å². The molecular weight excluding hydrogens is 386 g/mol. The molecule has 0 radical (unpaired) electrons. The van der Waals surface area contributed by atoms with Crippen molar-refractivity contribution in [3.05, 3.63) is 29.8 Å². The summed E-state index contributed by atoms with van der Waals surface area (Å²) in [7, 11) is 8.92. The molecule has 0 saturated heterocycles. The first-order valence-electron chi connectivity index (χ1n) is 8.08. The van der Waals surface area contributed by atoms with Crippen LogP contribution in [-0.2, 0) is 0 Å². The minimum Gasteiger partial charge on any atom is -0.493 e. The molecule has 28 heavy (non-hydrogen) atoms. The van der Waals surface area contributed by atoms with E-state index in [-0.39, 0.29) is 0 Å². The number of thiol groups is 1. The van der Waals surface area contributed by atoms with Crippen LogP contribution in [0.4, 0.5) is 5.69 Å². The third kappa shape index (κ3) is 3.99. The molecular formula is C19H23NO7S. The van der Waals surface area contributed by atoms with Crippen LogP contribution >= 0.6 is 12.8 Å². The summed E-state index contributed by atoms with van der Waals surface area (Å²) in [6.07, 6.45) is 0. The van der Waals surface area contributed by atoms with Gasteiger partial charge in [-0.25, -0.2) is 0 Å². The van der Waals surface area contributed by atoms with E-state index in [9.17, 15) is 4.79 Å². The molecule has 2 aromatic carbocycles. The van der Waals surface area contributed by atoms with Crippen molar-refractivity contribution in [1.29, 1.82) is 0 Å². The molecule has 0 unspecified atom stereocenters. The second-order valence-electron chi connectivity index (χ2n) is 5.41. The van der Waals surface area contributed by atoms with Gasteiger partial charge in [-0.2, -0.15) is 0 Å². The molecule has 0 aliphatic carbocycles. The molecule has 9 heteroatoms. The number of hydrogen-bond donors (Lipinski definition) is 1. The van der Waals surface area contributed by atoms with Gasteiger partial charge >= 0.3 is 0 Å². The largest absolute Gasteiger partial charge is 0.493 e. The van der Waals surface area contributed by atoms with E-state index in [1.807, 2.05) is 0 Å². The molecule has 0 fully saturated rings. The summed E-state index contributed by atoms with van der Waals surface area (Å²) >= 11 is 4.36. The topological polar surface area (TPSA) is 75.7 Å². The Kier molecular flexibility index (Phi) is 7.11. The second kappa shape index (κ2) is 9.32. The van der Waals surface area contributed by atoms with Crippen LogP contribution in [0, 0.1) is 0 Å². The molecule has 0 spiro atoms. The molecule has 0 saturated carbocycles. The van der Waals surface area contributed by atoms with Gasteiger partial charge in [0.05, 0.1) is 48.3 Å². The highest BCUT2D eigenvalue weighted by atomic mass is 32.1. The van der Waals surface area contributed by atoms with Crippen molar-refractivity contribution in [2.24, 2.45) is 0 Å². The summed E-state index contributed by atoms with van der Waals surface area (Å²) < 4.78 is 33.0. The zero-order valence-electron chi connectivity index (χ0n) is 16.6. The summed E-state index contributed by atoms with van der Waals surface area (Å²) in [5, 5.41) is 0. The summed E-state index contributed by atoms with van der Waals surface area (Å²) in [5.74, 6) is 1.89. The van der Waals surface area contributed by atoms with E-state index in [4.69, 9.17) is 28.4 Å². The molecule has 0 aliphatic rings. The van der Waals surface area contributed by atoms with Gasteiger partial charge in [-0.1, -0.05) is 12.8 Å². The lowest BCUT2D eigenvalue weighted by atomic mass is 10.1. The maximum absolute atomic E-state index is 13.0. The van der Waals surface area contributed by atoms with Gasteiger partial charge in [-0.3, -0.25) is 9.10 Å². The van der Waals surface area contributed by atoms with Crippen molar-refractivity contribution in [3.63, 3.8) is 0 Å². The Morgan fingerprint density at radius 1 is 0.679 bits per heavy atom. The number of carbonyl (C=O) groups is 1. The molecule has 0 N–H and O–H groups in total. The van der Waals surface area contributed by atoms with Crippen molar-refractivity contribution in [3.8, 4) is 34.5 Å². The summed E-state index contributed by atoms with van der Waals surface area (Å²) in [6, 6.07) is 6.32. The molecule has 0 aliphatic heterocycles. The van der Waals surface area contributed by atoms with Gasteiger partial charge in [0.15, 0.2) is 23.0 Å². The molecule has 152 valence electrons. The Morgan fingerprint density at radius 2 is 1.04 bits per heavy atom. The molecule has 0 aromatic heterocycles. The zero-order valence-corrected chi connectivity index (χ0v) is 17.5. The lowest BCUT2D eigenvalue weighted by Gasteiger charge is -2.20. The van der Waals surface area contributed by atoms with Crippen LogP contribution in [-0.4, -0.2) is 48.6 Å². The van der Waals surface area contributed by atoms with Crippen molar-refractivity contribution in [2.75, 3.05) is 47.0 Å². The third-order valence-corrected chi connectivity index (χ3v) is 4.41. The fraction of sp³-hybridized carbons (Fsp3) is 0.316. The van der Waals surface area contributed by atoms with Gasteiger partial charge in [0.2, 0.25) is 11.5 Å². The van der Waals surface area contributed by atoms with Crippen LogP contribution in [0.2, 0.25) is 0 Å². The second-order valence-corrected chi connectivity index (χ2v) is 5.81. The Balaban J connectivity index is 2.50. The number of amides is 1. The minimum absolute atomic E-state index is 0.290. The number of benzene rings is 2. The van der Waals surface area contributed by atoms with Crippen molar-refractivity contribution < 1.29 is 33.2 Å². The smallest absolute Gasteiger partial charge is 0.268 e.